The van der Waals surface area contributed by atoms with E-state index >= 15 is 0 Å². The van der Waals surface area contributed by atoms with Gasteiger partial charge in [-0.25, -0.2) is 9.59 Å². The van der Waals surface area contributed by atoms with Crippen LogP contribution in [0.3, 0.4) is 0 Å². The van der Waals surface area contributed by atoms with Crippen LogP contribution in [0.2, 0.25) is 0 Å². The third-order valence-electron chi connectivity index (χ3n) is 5.67. The predicted molar refractivity (Wildman–Crippen MR) is 123 cm³/mol. The molecule has 1 aromatic rings. The van der Waals surface area contributed by atoms with Gasteiger partial charge in [-0.2, -0.15) is 26.3 Å². The smallest absolute Gasteiger partial charge is 0.475 e. The lowest BCUT2D eigenvalue weighted by Crippen LogP contribution is -2.41. The summed E-state index contributed by atoms with van der Waals surface area (Å²) in [5.74, 6) is -4.78. The first-order valence-corrected chi connectivity index (χ1v) is 12.3. The minimum atomic E-state index is -5.08. The highest BCUT2D eigenvalue weighted by atomic mass is 32.1. The Kier molecular flexibility index (Phi) is 12.8. The summed E-state index contributed by atoms with van der Waals surface area (Å²) in [6.45, 7) is 8.76. The van der Waals surface area contributed by atoms with Crippen LogP contribution in [0.1, 0.15) is 60.1 Å². The average molecular weight is 564 g/mol. The maximum atomic E-state index is 12.4. The van der Waals surface area contributed by atoms with E-state index in [9.17, 15) is 31.1 Å². The number of hydrogen-bond acceptors (Lipinski definition) is 6. The monoisotopic (exact) mass is 563 g/mol. The molecule has 2 fully saturated rings. The van der Waals surface area contributed by atoms with E-state index in [0.717, 1.165) is 31.1 Å². The number of halogens is 6. The van der Waals surface area contributed by atoms with Gasteiger partial charge in [0, 0.05) is 23.5 Å². The highest BCUT2D eigenvalue weighted by Gasteiger charge is 2.38. The first kappa shape index (κ1) is 32.6. The van der Waals surface area contributed by atoms with Crippen molar-refractivity contribution in [3.63, 3.8) is 0 Å². The van der Waals surface area contributed by atoms with Crippen molar-refractivity contribution in [2.24, 2.45) is 5.92 Å². The van der Waals surface area contributed by atoms with Crippen LogP contribution >= 0.6 is 11.3 Å². The second-order valence-electron chi connectivity index (χ2n) is 8.74. The van der Waals surface area contributed by atoms with E-state index in [1.165, 1.54) is 30.6 Å². The molecule has 1 atom stereocenters. The van der Waals surface area contributed by atoms with Gasteiger partial charge in [0.2, 0.25) is 0 Å². The maximum absolute atomic E-state index is 12.4. The Bertz CT molecular complexity index is 853. The van der Waals surface area contributed by atoms with Crippen LogP contribution in [-0.2, 0) is 9.59 Å². The Morgan fingerprint density at radius 3 is 1.95 bits per heavy atom. The largest absolute Gasteiger partial charge is 0.490 e. The number of carbonyl (C=O) groups is 3. The van der Waals surface area contributed by atoms with Crippen molar-refractivity contribution >= 4 is 29.2 Å². The molecule has 3 heterocycles. The molecular weight excluding hydrogens is 532 g/mol. The number of aliphatic carboxylic acids is 2. The first-order valence-electron chi connectivity index (χ1n) is 11.5. The molecule has 2 saturated heterocycles. The molecule has 4 N–H and O–H groups in total. The van der Waals surface area contributed by atoms with Crippen LogP contribution in [0.5, 0.6) is 0 Å². The van der Waals surface area contributed by atoms with Crippen molar-refractivity contribution < 1.29 is 50.9 Å². The minimum absolute atomic E-state index is 0.102. The molecule has 2 aliphatic heterocycles. The Morgan fingerprint density at radius 2 is 1.54 bits per heavy atom. The first-order chi connectivity index (χ1) is 17.0. The van der Waals surface area contributed by atoms with Gasteiger partial charge in [0.25, 0.3) is 5.91 Å². The lowest BCUT2D eigenvalue weighted by molar-refractivity contribution is -0.193. The fourth-order valence-electron chi connectivity index (χ4n) is 3.59. The molecule has 0 bridgehead atoms. The lowest BCUT2D eigenvalue weighted by Gasteiger charge is -2.34. The van der Waals surface area contributed by atoms with Crippen LogP contribution in [0, 0.1) is 5.92 Å². The fourth-order valence-corrected chi connectivity index (χ4v) is 4.62. The topological polar surface area (TPSA) is 119 Å². The van der Waals surface area contributed by atoms with Gasteiger partial charge in [-0.15, -0.1) is 11.3 Å². The van der Waals surface area contributed by atoms with E-state index in [1.54, 1.807) is 11.3 Å². The summed E-state index contributed by atoms with van der Waals surface area (Å²) in [4.78, 5) is 34.8. The summed E-state index contributed by atoms with van der Waals surface area (Å²) in [5.41, 5.74) is 0. The Labute approximate surface area is 214 Å². The summed E-state index contributed by atoms with van der Waals surface area (Å²) in [6, 6.07) is 5.20. The molecule has 1 amide bonds. The number of carboxylic acids is 2. The van der Waals surface area contributed by atoms with Crippen LogP contribution in [0.4, 0.5) is 26.3 Å². The number of hydrogen-bond donors (Lipinski definition) is 4. The Hall–Kier alpha value is -2.39. The standard InChI is InChI=1S/C18H29N3OS.2C2HF3O2/c1-13(2)21-10-7-14(8-11-21)12-20-18(22)17-6-5-16(23-17)15-4-3-9-19-15;2*3-2(4,5)1(6)7/h5-6,13-15,19H,3-4,7-12H2,1-2H3,(H,20,22);2*(H,6,7). The summed E-state index contributed by atoms with van der Waals surface area (Å²) >= 11 is 1.65. The highest BCUT2D eigenvalue weighted by Crippen LogP contribution is 2.29. The normalized spacial score (nSPS) is 18.9. The van der Waals surface area contributed by atoms with Gasteiger partial charge < -0.3 is 25.7 Å². The van der Waals surface area contributed by atoms with Gasteiger partial charge in [0.15, 0.2) is 0 Å². The number of carbonyl (C=O) groups excluding carboxylic acids is 1. The van der Waals surface area contributed by atoms with Crippen LogP contribution in [-0.4, -0.2) is 77.5 Å². The van der Waals surface area contributed by atoms with Crippen molar-refractivity contribution in [1.82, 2.24) is 15.5 Å². The highest BCUT2D eigenvalue weighted by molar-refractivity contribution is 7.14. The summed E-state index contributed by atoms with van der Waals surface area (Å²) in [5, 5.41) is 20.9. The van der Waals surface area contributed by atoms with E-state index in [-0.39, 0.29) is 5.91 Å². The zero-order valence-electron chi connectivity index (χ0n) is 20.3. The fraction of sp³-hybridized carbons (Fsp3) is 0.682. The van der Waals surface area contributed by atoms with Crippen molar-refractivity contribution in [2.45, 2.75) is 64.0 Å². The molecule has 0 spiro atoms. The number of nitrogens with zero attached hydrogens (tertiary/aromatic N) is 1. The van der Waals surface area contributed by atoms with Gasteiger partial charge in [0.05, 0.1) is 4.88 Å². The van der Waals surface area contributed by atoms with Crippen molar-refractivity contribution in [2.75, 3.05) is 26.2 Å². The van der Waals surface area contributed by atoms with E-state index < -0.39 is 24.3 Å². The molecule has 37 heavy (non-hydrogen) atoms. The number of alkyl halides is 6. The molecule has 8 nitrogen and oxygen atoms in total. The van der Waals surface area contributed by atoms with Gasteiger partial charge in [-0.05, 0) is 77.2 Å². The van der Waals surface area contributed by atoms with E-state index in [2.05, 4.69) is 35.4 Å². The van der Waals surface area contributed by atoms with Crippen LogP contribution in [0.25, 0.3) is 0 Å². The number of nitrogens with one attached hydrogen (secondary N) is 2. The summed E-state index contributed by atoms with van der Waals surface area (Å²) < 4.78 is 63.5. The molecule has 2 aliphatic rings. The molecule has 0 saturated carbocycles. The van der Waals surface area contributed by atoms with E-state index in [0.29, 0.717) is 18.0 Å². The average Bonchev–Trinajstić information content (AvgIpc) is 3.49. The predicted octanol–water partition coefficient (Wildman–Crippen LogP) is 4.29. The molecule has 0 aromatic carbocycles. The molecule has 1 aromatic heterocycles. The number of rotatable bonds is 5. The van der Waals surface area contributed by atoms with Crippen LogP contribution in [0.15, 0.2) is 12.1 Å². The van der Waals surface area contributed by atoms with Gasteiger partial charge in [0.1, 0.15) is 0 Å². The second-order valence-corrected chi connectivity index (χ2v) is 9.86. The van der Waals surface area contributed by atoms with Gasteiger partial charge >= 0.3 is 24.3 Å². The van der Waals surface area contributed by atoms with Gasteiger partial charge in [-0.3, -0.25) is 4.79 Å². The Balaban J connectivity index is 0.000000404. The third-order valence-corrected chi connectivity index (χ3v) is 6.87. The maximum Gasteiger partial charge on any atom is 0.490 e. The molecule has 1 unspecified atom stereocenters. The van der Waals surface area contributed by atoms with E-state index in [1.807, 2.05) is 6.07 Å². The molecule has 15 heteroatoms. The van der Waals surface area contributed by atoms with Crippen molar-refractivity contribution in [3.05, 3.63) is 21.9 Å². The molecule has 212 valence electrons. The Morgan fingerprint density at radius 1 is 1.03 bits per heavy atom. The zero-order chi connectivity index (χ0) is 28.4. The van der Waals surface area contributed by atoms with Gasteiger partial charge in [-0.1, -0.05) is 0 Å². The number of likely N-dealkylation sites (tertiary alicyclic amines) is 1. The number of piperidine rings is 1. The SMILES string of the molecule is CC(C)N1CCC(CNC(=O)c2ccc(C3CCCN3)s2)CC1.O=C(O)C(F)(F)F.O=C(O)C(F)(F)F. The van der Waals surface area contributed by atoms with Crippen molar-refractivity contribution in [3.8, 4) is 0 Å². The van der Waals surface area contributed by atoms with E-state index in [4.69, 9.17) is 19.8 Å². The molecular formula is C22H31F6N3O5S. The third kappa shape index (κ3) is 12.1. The van der Waals surface area contributed by atoms with Crippen LogP contribution < -0.4 is 10.6 Å². The quantitative estimate of drug-likeness (QED) is 0.395. The number of carboxylic acid groups (broad SMARTS) is 2. The van der Waals surface area contributed by atoms with Crippen molar-refractivity contribution in [1.29, 1.82) is 0 Å². The molecule has 0 radical (unpaired) electrons. The summed E-state index contributed by atoms with van der Waals surface area (Å²) in [7, 11) is 0. The number of thiophene rings is 1. The second kappa shape index (κ2) is 14.5. The lowest BCUT2D eigenvalue weighted by atomic mass is 9.96. The molecule has 0 aliphatic carbocycles. The summed E-state index contributed by atoms with van der Waals surface area (Å²) in [6.07, 6.45) is -5.35. The number of amides is 1. The molecule has 3 rings (SSSR count). The minimum Gasteiger partial charge on any atom is -0.475 e. The zero-order valence-corrected chi connectivity index (χ0v) is 21.1.